The molecule has 1 atom stereocenters. The monoisotopic (exact) mass is 343 g/mol. The van der Waals surface area contributed by atoms with Crippen LogP contribution in [0.3, 0.4) is 0 Å². The number of rotatable bonds is 4. The number of hydrogen-bond acceptors (Lipinski definition) is 6. The van der Waals surface area contributed by atoms with Crippen LogP contribution in [0.4, 0.5) is 11.6 Å². The zero-order chi connectivity index (χ0) is 18.4. The van der Waals surface area contributed by atoms with E-state index in [-0.39, 0.29) is 12.3 Å². The molecule has 1 aliphatic heterocycles. The molecule has 11 nitrogen and oxygen atoms in total. The van der Waals surface area contributed by atoms with E-state index in [4.69, 9.17) is 15.5 Å². The first-order valence-corrected chi connectivity index (χ1v) is 6.79. The number of furan rings is 1. The minimum atomic E-state index is -1.55. The summed E-state index contributed by atoms with van der Waals surface area (Å²) in [6.07, 6.45) is 1.24. The number of aliphatic carboxylic acids is 1. The first-order chi connectivity index (χ1) is 11.9. The fourth-order valence-corrected chi connectivity index (χ4v) is 2.28. The van der Waals surface area contributed by atoms with Crippen molar-refractivity contribution in [1.82, 2.24) is 0 Å². The van der Waals surface area contributed by atoms with Gasteiger partial charge in [-0.1, -0.05) is 18.2 Å². The van der Waals surface area contributed by atoms with E-state index in [0.29, 0.717) is 0 Å². The molecular weight excluding hydrogens is 332 g/mol. The van der Waals surface area contributed by atoms with Crippen molar-refractivity contribution < 1.29 is 19.2 Å². The maximum atomic E-state index is 11.7. The zero-order valence-electron chi connectivity index (χ0n) is 12.6. The number of carboxylic acid groups (broad SMARTS) is 1. The number of hydrazone groups is 1. The number of benzene rings is 1. The van der Waals surface area contributed by atoms with Crippen LogP contribution in [0.15, 0.2) is 52.0 Å². The van der Waals surface area contributed by atoms with Gasteiger partial charge in [-0.15, -0.1) is 0 Å². The minimum absolute atomic E-state index is 0.00296. The topological polar surface area (TPSA) is 168 Å². The molecule has 0 aliphatic carbocycles. The molecule has 1 unspecified atom stereocenters. The third-order valence-electron chi connectivity index (χ3n) is 3.46. The number of para-hydroxylation sites is 1. The second kappa shape index (κ2) is 7.15. The first kappa shape index (κ1) is 17.5. The van der Waals surface area contributed by atoms with E-state index in [9.17, 15) is 20.0 Å². The number of carboxylic acids is 1. The van der Waals surface area contributed by atoms with Crippen LogP contribution >= 0.6 is 0 Å². The molecule has 0 fully saturated rings. The molecule has 0 radical (unpaired) electrons. The zero-order valence-corrected chi connectivity index (χ0v) is 12.6. The summed E-state index contributed by atoms with van der Waals surface area (Å²) in [4.78, 5) is 23.2. The quantitative estimate of drug-likeness (QED) is 0.294. The van der Waals surface area contributed by atoms with Crippen LogP contribution in [-0.4, -0.2) is 28.8 Å². The van der Waals surface area contributed by atoms with Crippen LogP contribution in [-0.2, 0) is 10.2 Å². The highest BCUT2D eigenvalue weighted by Gasteiger charge is 2.48. The van der Waals surface area contributed by atoms with Gasteiger partial charge in [0, 0.05) is 0 Å². The highest BCUT2D eigenvalue weighted by atomic mass is 16.6. The maximum Gasteiger partial charge on any atom is 0.433 e. The van der Waals surface area contributed by atoms with Crippen LogP contribution in [0, 0.1) is 10.1 Å². The molecule has 11 heteroatoms. The molecule has 3 rings (SSSR count). The highest BCUT2D eigenvalue weighted by molar-refractivity contribution is 6.02. The van der Waals surface area contributed by atoms with Gasteiger partial charge in [-0.3, -0.25) is 24.8 Å². The predicted octanol–water partition coefficient (Wildman–Crippen LogP) is 2.88. The van der Waals surface area contributed by atoms with Crippen LogP contribution in [0.2, 0.25) is 0 Å². The van der Waals surface area contributed by atoms with Crippen molar-refractivity contribution in [3.05, 3.63) is 74.3 Å². The first-order valence-electron chi connectivity index (χ1n) is 6.79. The molecule has 128 valence electrons. The smallest absolute Gasteiger partial charge is 0.433 e. The second-order valence-electron chi connectivity index (χ2n) is 4.90. The maximum absolute atomic E-state index is 11.7. The third kappa shape index (κ3) is 3.41. The molecule has 1 aliphatic rings. The molecule has 1 aromatic heterocycles. The Morgan fingerprint density at radius 3 is 2.48 bits per heavy atom. The largest absolute Gasteiger partial charge is 0.480 e. The lowest BCUT2D eigenvalue weighted by atomic mass is 9.87. The third-order valence-corrected chi connectivity index (χ3v) is 3.46. The van der Waals surface area contributed by atoms with Crippen LogP contribution in [0.25, 0.3) is 16.0 Å². The average molecular weight is 343 g/mol. The van der Waals surface area contributed by atoms with E-state index in [1.54, 1.807) is 12.1 Å². The number of hydrogen-bond donors (Lipinski definition) is 1. The molecule has 0 saturated heterocycles. The number of nitrogens with zero attached hydrogens (tertiary/aromatic N) is 6. The molecular formula is C14H11N6O5-. The summed E-state index contributed by atoms with van der Waals surface area (Å²) in [6, 6.07) is 11.5. The van der Waals surface area contributed by atoms with Gasteiger partial charge in [-0.25, -0.2) is 0 Å². The molecule has 0 amide bonds. The Hall–Kier alpha value is -3.85. The van der Waals surface area contributed by atoms with Crippen molar-refractivity contribution in [1.29, 1.82) is 0 Å². The summed E-state index contributed by atoms with van der Waals surface area (Å²) in [7, 11) is 0. The van der Waals surface area contributed by atoms with Gasteiger partial charge in [-0.05, 0) is 18.2 Å². The van der Waals surface area contributed by atoms with Gasteiger partial charge < -0.3 is 20.6 Å². The fourth-order valence-electron chi connectivity index (χ4n) is 2.28. The molecule has 0 saturated carbocycles. The fraction of sp³-hybridized carbons (Fsp3) is 0.143. The predicted molar refractivity (Wildman–Crippen MR) is 87.0 cm³/mol. The minimum Gasteiger partial charge on any atom is -0.480 e. The summed E-state index contributed by atoms with van der Waals surface area (Å²) in [6.45, 7) is -0.00296. The summed E-state index contributed by atoms with van der Waals surface area (Å²) in [5.41, 5.74) is 12.7. The van der Waals surface area contributed by atoms with Gasteiger partial charge >= 0.3 is 11.9 Å². The van der Waals surface area contributed by atoms with Gasteiger partial charge in [-0.2, -0.15) is 5.10 Å². The van der Waals surface area contributed by atoms with Gasteiger partial charge in [0.2, 0.25) is 0 Å². The van der Waals surface area contributed by atoms with Gasteiger partial charge in [0.05, 0.1) is 24.5 Å². The van der Waals surface area contributed by atoms with Crippen molar-refractivity contribution in [3.63, 3.8) is 0 Å². The van der Waals surface area contributed by atoms with Crippen LogP contribution in [0.1, 0.15) is 5.76 Å². The van der Waals surface area contributed by atoms with Crippen molar-refractivity contribution in [2.45, 2.75) is 5.41 Å². The van der Waals surface area contributed by atoms with Crippen LogP contribution in [0.5, 0.6) is 0 Å². The van der Waals surface area contributed by atoms with Crippen molar-refractivity contribution in [3.8, 4) is 0 Å². The summed E-state index contributed by atoms with van der Waals surface area (Å²) in [5.74, 6) is -1.70. The lowest BCUT2D eigenvalue weighted by Gasteiger charge is -2.21. The van der Waals surface area contributed by atoms with Crippen molar-refractivity contribution in [2.75, 3.05) is 11.6 Å². The van der Waals surface area contributed by atoms with E-state index >= 15 is 0 Å². The number of anilines is 1. The lowest BCUT2D eigenvalue weighted by molar-refractivity contribution is -0.402. The van der Waals surface area contributed by atoms with E-state index in [2.05, 4.69) is 5.10 Å². The van der Waals surface area contributed by atoms with Crippen molar-refractivity contribution in [2.24, 2.45) is 5.10 Å². The summed E-state index contributed by atoms with van der Waals surface area (Å²) in [5, 5.41) is 25.9. The number of carbonyl (C=O) groups is 1. The normalized spacial score (nSPS) is 18.2. The highest BCUT2D eigenvalue weighted by Crippen LogP contribution is 2.34. The molecule has 0 bridgehead atoms. The Kier molecular flexibility index (Phi) is 5.01. The molecule has 2 aromatic rings. The molecule has 0 spiro atoms. The van der Waals surface area contributed by atoms with Gasteiger partial charge in [0.1, 0.15) is 10.7 Å². The Balaban J connectivity index is 0.000000701. The van der Waals surface area contributed by atoms with Gasteiger partial charge in [0.25, 0.3) is 0 Å². The molecule has 1 aromatic carbocycles. The number of nitro groups is 1. The average Bonchev–Trinajstić information content (AvgIpc) is 3.24. The second-order valence-corrected chi connectivity index (χ2v) is 4.90. The Labute approximate surface area is 140 Å². The standard InChI is InChI=1S/C14H11N3O5.N3/c18-13(19)14(11-6-7-12(22-11)17(20)21)8-15-16(9-14)10-4-2-1-3-5-10;1-3-2/h1-8H,9H2,(H,18,19);/q;-1. The van der Waals surface area contributed by atoms with Gasteiger partial charge in [0.15, 0.2) is 5.41 Å². The van der Waals surface area contributed by atoms with E-state index < -0.39 is 22.2 Å². The van der Waals surface area contributed by atoms with Crippen LogP contribution < -0.4 is 5.01 Å². The van der Waals surface area contributed by atoms with E-state index in [1.807, 2.05) is 18.2 Å². The Morgan fingerprint density at radius 1 is 1.32 bits per heavy atom. The van der Waals surface area contributed by atoms with E-state index in [0.717, 1.165) is 11.8 Å². The Morgan fingerprint density at radius 2 is 1.96 bits per heavy atom. The van der Waals surface area contributed by atoms with E-state index in [1.165, 1.54) is 22.2 Å². The van der Waals surface area contributed by atoms with Crippen molar-refractivity contribution >= 4 is 23.8 Å². The lowest BCUT2D eigenvalue weighted by Crippen LogP contribution is -2.41. The SMILES string of the molecule is O=C(O)C1(c2ccc([N+](=O)[O-])o2)C=NN(c2ccccc2)C1.[N-]=[N+]=[N-]. The molecule has 25 heavy (non-hydrogen) atoms. The Bertz CT molecular complexity index is 842. The summed E-state index contributed by atoms with van der Waals surface area (Å²) < 4.78 is 5.08. The molecule has 1 N–H and O–H groups in total. The molecule has 2 heterocycles. The summed E-state index contributed by atoms with van der Waals surface area (Å²) >= 11 is 0.